The Hall–Kier alpha value is -3.41. The number of rotatable bonds is 6. The van der Waals surface area contributed by atoms with Crippen molar-refractivity contribution < 1.29 is 13.7 Å². The summed E-state index contributed by atoms with van der Waals surface area (Å²) in [6.07, 6.45) is 6.17. The van der Waals surface area contributed by atoms with Crippen LogP contribution in [-0.2, 0) is 11.8 Å². The Balaban J connectivity index is 1.12. The van der Waals surface area contributed by atoms with Gasteiger partial charge in [0.25, 0.3) is 0 Å². The third-order valence-corrected chi connectivity index (χ3v) is 11.8. The number of ether oxygens (including phenoxy) is 1. The molecule has 6 heterocycles. The van der Waals surface area contributed by atoms with Gasteiger partial charge < -0.3 is 25.6 Å². The average Bonchev–Trinajstić information content (AvgIpc) is 3.73. The lowest BCUT2D eigenvalue weighted by Crippen LogP contribution is -2.69. The number of nitrogen functional groups attached to an aromatic ring is 1. The highest BCUT2D eigenvalue weighted by Gasteiger charge is 2.54. The van der Waals surface area contributed by atoms with Gasteiger partial charge >= 0.3 is 6.01 Å². The highest BCUT2D eigenvalue weighted by atomic mass is 32.1. The summed E-state index contributed by atoms with van der Waals surface area (Å²) in [6.45, 7) is 5.20. The molecule has 226 valence electrons. The summed E-state index contributed by atoms with van der Waals surface area (Å²) in [4.78, 5) is 24.2. The fourth-order valence-corrected chi connectivity index (χ4v) is 9.31. The van der Waals surface area contributed by atoms with Gasteiger partial charge in [-0.15, -0.1) is 11.3 Å². The fourth-order valence-electron chi connectivity index (χ4n) is 8.11. The lowest BCUT2D eigenvalue weighted by atomic mass is 9.60. The summed E-state index contributed by atoms with van der Waals surface area (Å²) in [5, 5.41) is 14.7. The summed E-state index contributed by atoms with van der Waals surface area (Å²) in [5.41, 5.74) is 13.0. The molecule has 43 heavy (non-hydrogen) atoms. The first-order valence-electron chi connectivity index (χ1n) is 15.2. The van der Waals surface area contributed by atoms with Crippen LogP contribution in [0.5, 0.6) is 6.01 Å². The number of hydrogen-bond donors (Lipinski definition) is 2. The van der Waals surface area contributed by atoms with Crippen LogP contribution in [-0.4, -0.2) is 80.5 Å². The average molecular weight is 607 g/mol. The minimum Gasteiger partial charge on any atom is -0.461 e. The van der Waals surface area contributed by atoms with Crippen LogP contribution in [0.15, 0.2) is 4.52 Å². The molecule has 8 rings (SSSR count). The number of nitrogens with zero attached hydrogens (tertiary/aromatic N) is 8. The Morgan fingerprint density at radius 3 is 2.79 bits per heavy atom. The summed E-state index contributed by atoms with van der Waals surface area (Å²) >= 11 is 1.46. The Morgan fingerprint density at radius 2 is 2.02 bits per heavy atom. The first-order valence-corrected chi connectivity index (χ1v) is 16.0. The zero-order valence-electron chi connectivity index (χ0n) is 24.2. The van der Waals surface area contributed by atoms with Crippen molar-refractivity contribution in [3.8, 4) is 23.7 Å². The Bertz CT molecular complexity index is 1630. The highest BCUT2D eigenvalue weighted by Crippen LogP contribution is 2.50. The fraction of sp³-hybridized carbons (Fsp3) is 0.655. The van der Waals surface area contributed by atoms with Crippen LogP contribution >= 0.6 is 11.3 Å². The summed E-state index contributed by atoms with van der Waals surface area (Å²) in [7, 11) is 0. The lowest BCUT2D eigenvalue weighted by Gasteiger charge is -2.59. The molecule has 14 heteroatoms. The van der Waals surface area contributed by atoms with Crippen molar-refractivity contribution in [2.45, 2.75) is 81.5 Å². The summed E-state index contributed by atoms with van der Waals surface area (Å²) < 4.78 is 26.5. The second-order valence-corrected chi connectivity index (χ2v) is 14.5. The predicted octanol–water partition coefficient (Wildman–Crippen LogP) is 2.96. The third kappa shape index (κ3) is 4.08. The van der Waals surface area contributed by atoms with E-state index in [4.69, 9.17) is 30.7 Å². The van der Waals surface area contributed by atoms with Gasteiger partial charge in [-0.3, -0.25) is 4.90 Å². The molecule has 3 saturated heterocycles. The molecule has 3 aliphatic heterocycles. The topological polar surface area (TPSA) is 169 Å². The maximum Gasteiger partial charge on any atom is 0.321 e. The number of halogens is 1. The van der Waals surface area contributed by atoms with Crippen LogP contribution in [0, 0.1) is 16.7 Å². The van der Waals surface area contributed by atoms with E-state index in [1.807, 2.05) is 6.92 Å². The zero-order chi connectivity index (χ0) is 29.6. The van der Waals surface area contributed by atoms with Crippen LogP contribution < -0.4 is 21.1 Å². The van der Waals surface area contributed by atoms with Gasteiger partial charge in [0, 0.05) is 48.0 Å². The summed E-state index contributed by atoms with van der Waals surface area (Å²) in [5.74, 6) is 1.34. The molecule has 0 bridgehead atoms. The van der Waals surface area contributed by atoms with Crippen molar-refractivity contribution in [1.29, 1.82) is 5.26 Å². The van der Waals surface area contributed by atoms with E-state index >= 15 is 0 Å². The number of nitriles is 1. The molecule has 12 nitrogen and oxygen atoms in total. The molecule has 4 atom stereocenters. The number of fused-ring (bicyclic) bond motifs is 2. The maximum absolute atomic E-state index is 14.4. The predicted molar refractivity (Wildman–Crippen MR) is 156 cm³/mol. The molecule has 5 aliphatic rings. The van der Waals surface area contributed by atoms with E-state index in [0.29, 0.717) is 42.0 Å². The monoisotopic (exact) mass is 606 g/mol. The van der Waals surface area contributed by atoms with Gasteiger partial charge in [-0.2, -0.15) is 25.2 Å². The van der Waals surface area contributed by atoms with Crippen molar-refractivity contribution >= 4 is 22.3 Å². The van der Waals surface area contributed by atoms with Crippen LogP contribution in [0.1, 0.15) is 73.8 Å². The normalized spacial score (nSPS) is 30.9. The number of anilines is 2. The van der Waals surface area contributed by atoms with Gasteiger partial charge in [0.2, 0.25) is 23.5 Å². The molecule has 3 aromatic rings. The Morgan fingerprint density at radius 1 is 1.16 bits per heavy atom. The van der Waals surface area contributed by atoms with E-state index in [0.717, 1.165) is 75.0 Å². The van der Waals surface area contributed by atoms with Gasteiger partial charge in [-0.25, -0.2) is 4.39 Å². The highest BCUT2D eigenvalue weighted by molar-refractivity contribution is 7.16. The Kier molecular flexibility index (Phi) is 6.03. The third-order valence-electron chi connectivity index (χ3n) is 10.7. The molecule has 1 saturated carbocycles. The lowest BCUT2D eigenvalue weighted by molar-refractivity contribution is 0.0547. The van der Waals surface area contributed by atoms with Crippen molar-refractivity contribution in [3.63, 3.8) is 0 Å². The minimum atomic E-state index is -0.850. The van der Waals surface area contributed by atoms with Crippen LogP contribution in [0.3, 0.4) is 0 Å². The van der Waals surface area contributed by atoms with Crippen molar-refractivity contribution in [3.05, 3.63) is 21.9 Å². The van der Waals surface area contributed by atoms with Crippen molar-refractivity contribution in [2.24, 2.45) is 11.1 Å². The van der Waals surface area contributed by atoms with Gasteiger partial charge in [0.05, 0.1) is 16.5 Å². The van der Waals surface area contributed by atoms with E-state index < -0.39 is 11.6 Å². The number of hydrogen-bond acceptors (Lipinski definition) is 13. The van der Waals surface area contributed by atoms with Gasteiger partial charge in [0.15, 0.2) is 0 Å². The maximum atomic E-state index is 14.4. The van der Waals surface area contributed by atoms with Crippen molar-refractivity contribution in [2.75, 3.05) is 43.4 Å². The van der Waals surface area contributed by atoms with Crippen LogP contribution in [0.4, 0.5) is 15.3 Å². The van der Waals surface area contributed by atoms with Crippen molar-refractivity contribution in [1.82, 2.24) is 30.0 Å². The zero-order valence-corrected chi connectivity index (χ0v) is 25.0. The molecule has 1 spiro atoms. The largest absolute Gasteiger partial charge is 0.461 e. The number of alkyl halides is 1. The molecule has 0 radical (unpaired) electrons. The second kappa shape index (κ2) is 9.54. The molecule has 4 N–H and O–H groups in total. The van der Waals surface area contributed by atoms with Gasteiger partial charge in [0.1, 0.15) is 23.8 Å². The smallest absolute Gasteiger partial charge is 0.321 e. The molecular weight excluding hydrogens is 571 g/mol. The first kappa shape index (κ1) is 27.2. The first-order chi connectivity index (χ1) is 20.7. The van der Waals surface area contributed by atoms with Crippen LogP contribution in [0.25, 0.3) is 11.6 Å². The molecular formula is C29H35FN10O2S. The van der Waals surface area contributed by atoms with Gasteiger partial charge in [-0.1, -0.05) is 5.16 Å². The molecule has 2 unspecified atom stereocenters. The van der Waals surface area contributed by atoms with E-state index in [1.54, 1.807) is 0 Å². The number of aromatic nitrogens is 5. The minimum absolute atomic E-state index is 0.116. The molecule has 0 amide bonds. The van der Waals surface area contributed by atoms with E-state index in [-0.39, 0.29) is 34.7 Å². The standard InChI is InChI=1S/C29H35FN10O2S/c1-27(6-2-4-18-20(27)17(11-31)21(33)43-18)24-34-23(38-42-24)22-35-25(39-13-28(14-39)8-5-19(28)32)37-26(36-22)41-15-29-7-3-9-40(29)12-16(30)10-29/h16,19H,2-10,12-15,32-33H2,1H3/t16-,19?,27+,29?/m1/s1. The summed E-state index contributed by atoms with van der Waals surface area (Å²) in [6, 6.07) is 2.64. The molecule has 4 fully saturated rings. The number of thiophene rings is 1. The second-order valence-electron chi connectivity index (χ2n) is 13.3. The number of nitrogens with two attached hydrogens (primary N) is 2. The van der Waals surface area contributed by atoms with Crippen LogP contribution in [0.2, 0.25) is 0 Å². The van der Waals surface area contributed by atoms with Gasteiger partial charge in [-0.05, 0) is 58.4 Å². The quantitative estimate of drug-likeness (QED) is 0.421. The number of aryl methyl sites for hydroxylation is 1. The van der Waals surface area contributed by atoms with E-state index in [1.165, 1.54) is 11.3 Å². The SMILES string of the molecule is C[C@]1(c2nc(-c3nc(OCC45CCCN4C[C@H](F)C5)nc(N4CC5(CCC5N)C4)n3)no2)CCCc2sc(N)c(C#N)c21. The van der Waals surface area contributed by atoms with E-state index in [2.05, 4.69) is 31.0 Å². The molecule has 2 aliphatic carbocycles. The molecule has 3 aromatic heterocycles. The van der Waals surface area contributed by atoms with E-state index in [9.17, 15) is 9.65 Å². The molecule has 0 aromatic carbocycles. The Labute approximate surface area is 252 Å².